The summed E-state index contributed by atoms with van der Waals surface area (Å²) in [5.74, 6) is 0.567. The molecule has 1 nitrogen and oxygen atoms in total. The third-order valence-corrected chi connectivity index (χ3v) is 4.70. The lowest BCUT2D eigenvalue weighted by molar-refractivity contribution is 0.150. The van der Waals surface area contributed by atoms with Gasteiger partial charge in [-0.2, -0.15) is 0 Å². The second-order valence-corrected chi connectivity index (χ2v) is 5.96. The molecule has 0 aromatic heterocycles. The van der Waals surface area contributed by atoms with Gasteiger partial charge in [-0.25, -0.2) is 8.78 Å². The zero-order valence-electron chi connectivity index (χ0n) is 10.7. The van der Waals surface area contributed by atoms with Gasteiger partial charge in [-0.15, -0.1) is 0 Å². The minimum Gasteiger partial charge on any atom is -0.316 e. The van der Waals surface area contributed by atoms with Crippen LogP contribution in [0.25, 0.3) is 0 Å². The van der Waals surface area contributed by atoms with Crippen LogP contribution in [-0.4, -0.2) is 13.1 Å². The van der Waals surface area contributed by atoms with Crippen molar-refractivity contribution in [1.29, 1.82) is 0 Å². The van der Waals surface area contributed by atoms with Gasteiger partial charge in [0.15, 0.2) is 0 Å². The van der Waals surface area contributed by atoms with E-state index in [0.717, 1.165) is 18.7 Å². The Balaban J connectivity index is 1.79. The van der Waals surface area contributed by atoms with Gasteiger partial charge in [0.2, 0.25) is 0 Å². The first-order valence-corrected chi connectivity index (χ1v) is 6.69. The fourth-order valence-electron chi connectivity index (χ4n) is 3.49. The summed E-state index contributed by atoms with van der Waals surface area (Å²) in [7, 11) is 0. The summed E-state index contributed by atoms with van der Waals surface area (Å²) in [4.78, 5) is 0. The van der Waals surface area contributed by atoms with Crippen molar-refractivity contribution in [3.8, 4) is 0 Å². The molecule has 1 aliphatic heterocycles. The highest BCUT2D eigenvalue weighted by atomic mass is 19.3. The Morgan fingerprint density at radius 3 is 2.61 bits per heavy atom. The van der Waals surface area contributed by atoms with E-state index in [2.05, 4.69) is 5.32 Å². The van der Waals surface area contributed by atoms with Crippen molar-refractivity contribution < 1.29 is 8.78 Å². The van der Waals surface area contributed by atoms with Gasteiger partial charge >= 0.3 is 0 Å². The Labute approximate surface area is 107 Å². The van der Waals surface area contributed by atoms with Crippen molar-refractivity contribution in [3.63, 3.8) is 0 Å². The number of hydrogen-bond acceptors (Lipinski definition) is 1. The Morgan fingerprint density at radius 1 is 1.33 bits per heavy atom. The molecule has 1 saturated heterocycles. The minimum atomic E-state index is -2.36. The predicted molar refractivity (Wildman–Crippen MR) is 68.0 cm³/mol. The highest BCUT2D eigenvalue weighted by Crippen LogP contribution is 2.49. The fourth-order valence-corrected chi connectivity index (χ4v) is 3.49. The van der Waals surface area contributed by atoms with Gasteiger partial charge in [-0.05, 0) is 48.6 Å². The highest BCUT2D eigenvalue weighted by Gasteiger charge is 2.43. The lowest BCUT2D eigenvalue weighted by Crippen LogP contribution is -2.51. The topological polar surface area (TPSA) is 12.0 Å². The molecule has 3 heteroatoms. The number of aryl methyl sites for hydroxylation is 1. The minimum absolute atomic E-state index is 0.178. The molecule has 98 valence electrons. The van der Waals surface area contributed by atoms with Crippen LogP contribution in [0.5, 0.6) is 0 Å². The summed E-state index contributed by atoms with van der Waals surface area (Å²) in [5, 5.41) is 3.35. The van der Waals surface area contributed by atoms with Crippen molar-refractivity contribution >= 4 is 0 Å². The first-order chi connectivity index (χ1) is 8.60. The monoisotopic (exact) mass is 251 g/mol. The van der Waals surface area contributed by atoms with Crippen LogP contribution in [-0.2, 0) is 0 Å². The lowest BCUT2D eigenvalue weighted by atomic mass is 9.79. The average molecular weight is 251 g/mol. The van der Waals surface area contributed by atoms with Crippen molar-refractivity contribution in [3.05, 3.63) is 34.9 Å². The lowest BCUT2D eigenvalue weighted by Gasteiger charge is -2.39. The van der Waals surface area contributed by atoms with E-state index in [1.54, 1.807) is 13.0 Å². The van der Waals surface area contributed by atoms with E-state index < -0.39 is 6.43 Å². The molecule has 1 aliphatic carbocycles. The van der Waals surface area contributed by atoms with E-state index in [1.807, 2.05) is 12.1 Å². The standard InChI is InChI=1S/C15H19F2N/c1-10-6-11(2-3-13(10)14(16)17)12-4-5-15(7-12)8-18-9-15/h2-3,6,12,14,18H,4-5,7-9H2,1H3. The number of hydrogen-bond donors (Lipinski definition) is 1. The van der Waals surface area contributed by atoms with E-state index >= 15 is 0 Å². The fraction of sp³-hybridized carbons (Fsp3) is 0.600. The molecule has 3 rings (SSSR count). The van der Waals surface area contributed by atoms with E-state index in [-0.39, 0.29) is 5.56 Å². The molecule has 0 radical (unpaired) electrons. The summed E-state index contributed by atoms with van der Waals surface area (Å²) < 4.78 is 25.4. The summed E-state index contributed by atoms with van der Waals surface area (Å²) in [6.07, 6.45) is 1.34. The molecule has 2 aliphatic rings. The Hall–Kier alpha value is -0.960. The van der Waals surface area contributed by atoms with E-state index in [4.69, 9.17) is 0 Å². The zero-order valence-corrected chi connectivity index (χ0v) is 10.7. The third kappa shape index (κ3) is 1.95. The van der Waals surface area contributed by atoms with Gasteiger partial charge in [-0.1, -0.05) is 18.2 Å². The van der Waals surface area contributed by atoms with Gasteiger partial charge in [0.1, 0.15) is 0 Å². The van der Waals surface area contributed by atoms with Crippen molar-refractivity contribution in [2.75, 3.05) is 13.1 Å². The molecule has 2 fully saturated rings. The van der Waals surface area contributed by atoms with Crippen molar-refractivity contribution in [1.82, 2.24) is 5.32 Å². The molecule has 1 atom stereocenters. The maximum atomic E-state index is 12.7. The first-order valence-electron chi connectivity index (χ1n) is 6.69. The molecule has 0 bridgehead atoms. The van der Waals surface area contributed by atoms with Crippen LogP contribution in [0.2, 0.25) is 0 Å². The molecule has 1 spiro atoms. The molecule has 1 aromatic rings. The van der Waals surface area contributed by atoms with Crippen LogP contribution in [0, 0.1) is 12.3 Å². The molecule has 1 aromatic carbocycles. The number of nitrogens with one attached hydrogen (secondary N) is 1. The second-order valence-electron chi connectivity index (χ2n) is 5.96. The molecular weight excluding hydrogens is 232 g/mol. The second kappa shape index (κ2) is 4.30. The van der Waals surface area contributed by atoms with E-state index in [1.165, 1.54) is 24.8 Å². The first kappa shape index (κ1) is 12.1. The van der Waals surface area contributed by atoms with E-state index in [9.17, 15) is 8.78 Å². The number of rotatable bonds is 2. The average Bonchev–Trinajstić information content (AvgIpc) is 2.73. The Kier molecular flexibility index (Phi) is 2.89. The molecule has 0 amide bonds. The van der Waals surface area contributed by atoms with Gasteiger partial charge in [-0.3, -0.25) is 0 Å². The van der Waals surface area contributed by atoms with Crippen LogP contribution in [0.1, 0.15) is 48.3 Å². The molecule has 1 unspecified atom stereocenters. The molecule has 18 heavy (non-hydrogen) atoms. The van der Waals surface area contributed by atoms with Gasteiger partial charge < -0.3 is 5.32 Å². The van der Waals surface area contributed by atoms with Gasteiger partial charge in [0.05, 0.1) is 0 Å². The largest absolute Gasteiger partial charge is 0.316 e. The van der Waals surface area contributed by atoms with E-state index in [0.29, 0.717) is 11.3 Å². The van der Waals surface area contributed by atoms with Crippen LogP contribution >= 0.6 is 0 Å². The number of benzene rings is 1. The molecule has 1 N–H and O–H groups in total. The Bertz CT molecular complexity index is 452. The van der Waals surface area contributed by atoms with Crippen molar-refractivity contribution in [2.24, 2.45) is 5.41 Å². The van der Waals surface area contributed by atoms with Gasteiger partial charge in [0, 0.05) is 18.7 Å². The maximum absolute atomic E-state index is 12.7. The third-order valence-electron chi connectivity index (χ3n) is 4.70. The van der Waals surface area contributed by atoms with Crippen LogP contribution in [0.4, 0.5) is 8.78 Å². The quantitative estimate of drug-likeness (QED) is 0.843. The van der Waals surface area contributed by atoms with Crippen LogP contribution < -0.4 is 5.32 Å². The smallest absolute Gasteiger partial charge is 0.264 e. The molecule has 1 heterocycles. The summed E-state index contributed by atoms with van der Waals surface area (Å²) in [5.41, 5.74) is 2.67. The number of alkyl halides is 2. The van der Waals surface area contributed by atoms with Crippen LogP contribution in [0.15, 0.2) is 18.2 Å². The zero-order chi connectivity index (χ0) is 12.8. The SMILES string of the molecule is Cc1cc(C2CCC3(CNC3)C2)ccc1C(F)F. The van der Waals surface area contributed by atoms with Gasteiger partial charge in [0.25, 0.3) is 6.43 Å². The van der Waals surface area contributed by atoms with Crippen molar-refractivity contribution in [2.45, 2.75) is 38.5 Å². The Morgan fingerprint density at radius 2 is 2.11 bits per heavy atom. The maximum Gasteiger partial charge on any atom is 0.264 e. The van der Waals surface area contributed by atoms with Crippen LogP contribution in [0.3, 0.4) is 0 Å². The number of halogens is 2. The summed E-state index contributed by atoms with van der Waals surface area (Å²) in [6.45, 7) is 4.07. The molecule has 1 saturated carbocycles. The summed E-state index contributed by atoms with van der Waals surface area (Å²) in [6, 6.07) is 5.49. The predicted octanol–water partition coefficient (Wildman–Crippen LogP) is 3.79. The molecular formula is C15H19F2N. The summed E-state index contributed by atoms with van der Waals surface area (Å²) >= 11 is 0. The highest BCUT2D eigenvalue weighted by molar-refractivity contribution is 5.34. The normalized spacial score (nSPS) is 25.7.